The van der Waals surface area contributed by atoms with Crippen molar-refractivity contribution in [3.63, 3.8) is 0 Å². The van der Waals surface area contributed by atoms with E-state index in [1.807, 2.05) is 24.3 Å². The molecule has 0 heterocycles. The summed E-state index contributed by atoms with van der Waals surface area (Å²) in [5.74, 6) is 0.0377. The van der Waals surface area contributed by atoms with Crippen molar-refractivity contribution in [3.05, 3.63) is 65.2 Å². The number of aliphatic hydroxyl groups is 1. The fraction of sp³-hybridized carbons (Fsp3) is 0.235. The van der Waals surface area contributed by atoms with Crippen molar-refractivity contribution in [1.82, 2.24) is 5.32 Å². The van der Waals surface area contributed by atoms with Gasteiger partial charge in [-0.15, -0.1) is 0 Å². The molecule has 0 saturated heterocycles. The molecule has 2 aromatic carbocycles. The van der Waals surface area contributed by atoms with E-state index < -0.39 is 0 Å². The highest BCUT2D eigenvalue weighted by Crippen LogP contribution is 2.15. The lowest BCUT2D eigenvalue weighted by Gasteiger charge is -2.07. The Hall–Kier alpha value is -2.33. The summed E-state index contributed by atoms with van der Waals surface area (Å²) in [6.07, 6.45) is 0.911. The number of benzene rings is 2. The Morgan fingerprint density at radius 2 is 1.67 bits per heavy atom. The summed E-state index contributed by atoms with van der Waals surface area (Å²) in [6.45, 7) is 0.586. The van der Waals surface area contributed by atoms with Crippen LogP contribution in [0.5, 0.6) is 5.75 Å². The monoisotopic (exact) mass is 285 g/mol. The Balaban J connectivity index is 1.77. The van der Waals surface area contributed by atoms with Gasteiger partial charge in [0.1, 0.15) is 5.75 Å². The molecule has 0 saturated carbocycles. The van der Waals surface area contributed by atoms with Crippen molar-refractivity contribution in [2.45, 2.75) is 19.4 Å². The van der Waals surface area contributed by atoms with Crippen molar-refractivity contribution in [3.8, 4) is 5.75 Å². The van der Waals surface area contributed by atoms with Gasteiger partial charge in [0.25, 0.3) is 0 Å². The number of phenolic OH excluding ortho intramolecular Hbond substituents is 1. The molecule has 4 nitrogen and oxygen atoms in total. The summed E-state index contributed by atoms with van der Waals surface area (Å²) in [5.41, 5.74) is 2.61. The fourth-order valence-electron chi connectivity index (χ4n) is 2.05. The lowest BCUT2D eigenvalue weighted by atomic mass is 10.1. The molecule has 2 aromatic rings. The van der Waals surface area contributed by atoms with E-state index in [2.05, 4.69) is 5.32 Å². The Bertz CT molecular complexity index is 593. The standard InChI is InChI=1S/C17H19NO3/c19-12-14-7-5-13(6-8-14)9-10-18-17(21)11-15-3-1-2-4-16(15)20/h1-8,19-20H,9-12H2,(H,18,21). The number of phenols is 1. The van der Waals surface area contributed by atoms with Crippen molar-refractivity contribution < 1.29 is 15.0 Å². The second-order valence-corrected chi connectivity index (χ2v) is 4.88. The predicted octanol–water partition coefficient (Wildman–Crippen LogP) is 1.79. The zero-order valence-electron chi connectivity index (χ0n) is 11.7. The molecule has 21 heavy (non-hydrogen) atoms. The topological polar surface area (TPSA) is 69.6 Å². The zero-order chi connectivity index (χ0) is 15.1. The van der Waals surface area contributed by atoms with Crippen LogP contribution in [0.3, 0.4) is 0 Å². The van der Waals surface area contributed by atoms with Gasteiger partial charge in [-0.3, -0.25) is 4.79 Å². The highest BCUT2D eigenvalue weighted by molar-refractivity contribution is 5.79. The van der Waals surface area contributed by atoms with Gasteiger partial charge in [0.2, 0.25) is 5.91 Å². The maximum absolute atomic E-state index is 11.8. The lowest BCUT2D eigenvalue weighted by Crippen LogP contribution is -2.27. The maximum Gasteiger partial charge on any atom is 0.224 e. The van der Waals surface area contributed by atoms with Crippen LogP contribution in [0.25, 0.3) is 0 Å². The minimum absolute atomic E-state index is 0.0393. The highest BCUT2D eigenvalue weighted by Gasteiger charge is 2.06. The van der Waals surface area contributed by atoms with E-state index in [0.717, 1.165) is 17.5 Å². The predicted molar refractivity (Wildman–Crippen MR) is 80.9 cm³/mol. The number of hydrogen-bond donors (Lipinski definition) is 3. The quantitative estimate of drug-likeness (QED) is 0.758. The number of aliphatic hydroxyl groups excluding tert-OH is 1. The Morgan fingerprint density at radius 3 is 2.33 bits per heavy atom. The number of hydrogen-bond acceptors (Lipinski definition) is 3. The van der Waals surface area contributed by atoms with Gasteiger partial charge in [-0.2, -0.15) is 0 Å². The van der Waals surface area contributed by atoms with Crippen LogP contribution in [0.4, 0.5) is 0 Å². The van der Waals surface area contributed by atoms with Crippen LogP contribution in [0, 0.1) is 0 Å². The van der Waals surface area contributed by atoms with Crippen LogP contribution in [-0.4, -0.2) is 22.7 Å². The van der Waals surface area contributed by atoms with Gasteiger partial charge < -0.3 is 15.5 Å². The molecular formula is C17H19NO3. The number of rotatable bonds is 6. The Labute approximate surface area is 124 Å². The molecule has 1 amide bonds. The molecule has 0 unspecified atom stereocenters. The van der Waals surface area contributed by atoms with Gasteiger partial charge in [-0.25, -0.2) is 0 Å². The van der Waals surface area contributed by atoms with Gasteiger partial charge in [0.15, 0.2) is 0 Å². The van der Waals surface area contributed by atoms with Crippen LogP contribution in [0.1, 0.15) is 16.7 Å². The second kappa shape index (κ2) is 7.45. The minimum Gasteiger partial charge on any atom is -0.508 e. The molecule has 110 valence electrons. The summed E-state index contributed by atoms with van der Waals surface area (Å²) in [7, 11) is 0. The Kier molecular flexibility index (Phi) is 5.35. The summed E-state index contributed by atoms with van der Waals surface area (Å²) < 4.78 is 0. The third-order valence-corrected chi connectivity index (χ3v) is 3.28. The van der Waals surface area contributed by atoms with Crippen LogP contribution in [0.15, 0.2) is 48.5 Å². The molecule has 0 atom stereocenters. The first-order valence-corrected chi connectivity index (χ1v) is 6.91. The third-order valence-electron chi connectivity index (χ3n) is 3.28. The second-order valence-electron chi connectivity index (χ2n) is 4.88. The molecule has 0 aliphatic carbocycles. The first-order valence-electron chi connectivity index (χ1n) is 6.91. The van der Waals surface area contributed by atoms with E-state index in [9.17, 15) is 9.90 Å². The number of amides is 1. The fourth-order valence-corrected chi connectivity index (χ4v) is 2.05. The molecule has 2 rings (SSSR count). The smallest absolute Gasteiger partial charge is 0.224 e. The molecule has 0 spiro atoms. The van der Waals surface area contributed by atoms with E-state index in [1.165, 1.54) is 0 Å². The van der Waals surface area contributed by atoms with E-state index in [4.69, 9.17) is 5.11 Å². The summed E-state index contributed by atoms with van der Waals surface area (Å²) >= 11 is 0. The van der Waals surface area contributed by atoms with E-state index in [-0.39, 0.29) is 24.7 Å². The molecule has 3 N–H and O–H groups in total. The number of aromatic hydroxyl groups is 1. The van der Waals surface area contributed by atoms with Gasteiger partial charge >= 0.3 is 0 Å². The molecule has 0 radical (unpaired) electrons. The first kappa shape index (κ1) is 15.1. The highest BCUT2D eigenvalue weighted by atomic mass is 16.3. The summed E-state index contributed by atoms with van der Waals surface area (Å²) in [4.78, 5) is 11.8. The average molecular weight is 285 g/mol. The summed E-state index contributed by atoms with van der Waals surface area (Å²) in [5, 5.41) is 21.4. The van der Waals surface area contributed by atoms with Crippen LogP contribution >= 0.6 is 0 Å². The van der Waals surface area contributed by atoms with Crippen molar-refractivity contribution >= 4 is 5.91 Å². The minimum atomic E-state index is -0.108. The largest absolute Gasteiger partial charge is 0.508 e. The normalized spacial score (nSPS) is 10.3. The maximum atomic E-state index is 11.8. The Morgan fingerprint density at radius 1 is 1.00 bits per heavy atom. The van der Waals surface area contributed by atoms with E-state index in [0.29, 0.717) is 12.1 Å². The van der Waals surface area contributed by atoms with Crippen LogP contribution in [-0.2, 0) is 24.2 Å². The molecule has 0 fully saturated rings. The SMILES string of the molecule is O=C(Cc1ccccc1O)NCCc1ccc(CO)cc1. The number of para-hydroxylation sites is 1. The third kappa shape index (κ3) is 4.61. The zero-order valence-corrected chi connectivity index (χ0v) is 11.7. The van der Waals surface area contributed by atoms with Gasteiger partial charge in [0.05, 0.1) is 13.0 Å². The van der Waals surface area contributed by atoms with E-state index in [1.54, 1.807) is 24.3 Å². The molecule has 0 aliphatic heterocycles. The molecule has 0 bridgehead atoms. The van der Waals surface area contributed by atoms with E-state index >= 15 is 0 Å². The molecular weight excluding hydrogens is 266 g/mol. The molecule has 4 heteroatoms. The lowest BCUT2D eigenvalue weighted by molar-refractivity contribution is -0.120. The summed E-state index contributed by atoms with van der Waals surface area (Å²) in [6, 6.07) is 14.5. The molecule has 0 aliphatic rings. The number of nitrogens with one attached hydrogen (secondary N) is 1. The number of carbonyl (C=O) groups is 1. The van der Waals surface area contributed by atoms with Crippen molar-refractivity contribution in [2.24, 2.45) is 0 Å². The van der Waals surface area contributed by atoms with Crippen molar-refractivity contribution in [2.75, 3.05) is 6.54 Å². The first-order chi connectivity index (χ1) is 10.2. The van der Waals surface area contributed by atoms with Crippen LogP contribution in [0.2, 0.25) is 0 Å². The van der Waals surface area contributed by atoms with Crippen LogP contribution < -0.4 is 5.32 Å². The van der Waals surface area contributed by atoms with Gasteiger partial charge in [0, 0.05) is 12.1 Å². The average Bonchev–Trinajstić information content (AvgIpc) is 2.50. The van der Waals surface area contributed by atoms with Gasteiger partial charge in [-0.05, 0) is 23.6 Å². The molecule has 0 aromatic heterocycles. The van der Waals surface area contributed by atoms with Crippen molar-refractivity contribution in [1.29, 1.82) is 0 Å². The number of carbonyl (C=O) groups excluding carboxylic acids is 1. The van der Waals surface area contributed by atoms with Gasteiger partial charge in [-0.1, -0.05) is 42.5 Å².